The van der Waals surface area contributed by atoms with Gasteiger partial charge in [0.15, 0.2) is 0 Å². The van der Waals surface area contributed by atoms with Gasteiger partial charge in [-0.2, -0.15) is 0 Å². The van der Waals surface area contributed by atoms with Gasteiger partial charge in [0.1, 0.15) is 0 Å². The Morgan fingerprint density at radius 1 is 1.09 bits per heavy atom. The molecule has 0 aliphatic heterocycles. The molecule has 11 heavy (non-hydrogen) atoms. The summed E-state index contributed by atoms with van der Waals surface area (Å²) in [6.45, 7) is 9.12. The third kappa shape index (κ3) is 3.46. The van der Waals surface area contributed by atoms with Gasteiger partial charge in [-0.25, -0.2) is 0 Å². The lowest BCUT2D eigenvalue weighted by atomic mass is 9.82. The molecule has 0 N–H and O–H groups in total. The van der Waals surface area contributed by atoms with E-state index in [0.717, 1.165) is 17.7 Å². The molecule has 0 bridgehead atoms. The second-order valence-electron chi connectivity index (χ2n) is 3.57. The predicted octanol–water partition coefficient (Wildman–Crippen LogP) is 3.93. The van der Waals surface area contributed by atoms with Gasteiger partial charge in [0, 0.05) is 5.88 Å². The highest BCUT2D eigenvalue weighted by molar-refractivity contribution is 6.18. The molecule has 0 aliphatic carbocycles. The second-order valence-corrected chi connectivity index (χ2v) is 3.88. The minimum atomic E-state index is 0.714. The molecule has 0 saturated carbocycles. The first kappa shape index (κ1) is 11.3. The molecular formula is C10H21Cl. The maximum atomic E-state index is 5.86. The summed E-state index contributed by atoms with van der Waals surface area (Å²) < 4.78 is 0. The largest absolute Gasteiger partial charge is 0.126 e. The first-order chi connectivity index (χ1) is 5.17. The average molecular weight is 177 g/mol. The SMILES string of the molecule is CCC(C)[C@@H](C)[C@H](CC)CCl. The van der Waals surface area contributed by atoms with E-state index in [1.54, 1.807) is 0 Å². The van der Waals surface area contributed by atoms with Gasteiger partial charge in [-0.1, -0.05) is 40.5 Å². The zero-order chi connectivity index (χ0) is 8.85. The number of hydrogen-bond acceptors (Lipinski definition) is 0. The third-order valence-corrected chi connectivity index (χ3v) is 3.40. The van der Waals surface area contributed by atoms with Crippen LogP contribution in [-0.4, -0.2) is 5.88 Å². The molecule has 3 atom stereocenters. The zero-order valence-corrected chi connectivity index (χ0v) is 8.99. The van der Waals surface area contributed by atoms with Crippen LogP contribution in [0.5, 0.6) is 0 Å². The zero-order valence-electron chi connectivity index (χ0n) is 8.23. The van der Waals surface area contributed by atoms with E-state index >= 15 is 0 Å². The van der Waals surface area contributed by atoms with E-state index in [4.69, 9.17) is 11.6 Å². The molecule has 0 nitrogen and oxygen atoms in total. The minimum Gasteiger partial charge on any atom is -0.126 e. The van der Waals surface area contributed by atoms with Gasteiger partial charge in [0.05, 0.1) is 0 Å². The Bertz CT molecular complexity index is 86.9. The molecule has 0 aromatic carbocycles. The fourth-order valence-corrected chi connectivity index (χ4v) is 1.96. The normalized spacial score (nSPS) is 19.4. The van der Waals surface area contributed by atoms with Crippen molar-refractivity contribution in [2.45, 2.75) is 40.5 Å². The lowest BCUT2D eigenvalue weighted by Gasteiger charge is -2.25. The van der Waals surface area contributed by atoms with Crippen molar-refractivity contribution in [2.24, 2.45) is 17.8 Å². The molecule has 0 amide bonds. The van der Waals surface area contributed by atoms with Crippen molar-refractivity contribution in [3.05, 3.63) is 0 Å². The number of rotatable bonds is 5. The van der Waals surface area contributed by atoms with Gasteiger partial charge >= 0.3 is 0 Å². The molecule has 0 spiro atoms. The smallest absolute Gasteiger partial charge is 0.0254 e. The van der Waals surface area contributed by atoms with Crippen LogP contribution in [-0.2, 0) is 0 Å². The quantitative estimate of drug-likeness (QED) is 0.557. The van der Waals surface area contributed by atoms with Crippen molar-refractivity contribution in [1.29, 1.82) is 0 Å². The van der Waals surface area contributed by atoms with Crippen LogP contribution >= 0.6 is 11.6 Å². The molecule has 0 aromatic rings. The van der Waals surface area contributed by atoms with Gasteiger partial charge in [0.2, 0.25) is 0 Å². The monoisotopic (exact) mass is 176 g/mol. The molecule has 0 rings (SSSR count). The van der Waals surface area contributed by atoms with Gasteiger partial charge in [-0.15, -0.1) is 11.6 Å². The Hall–Kier alpha value is 0.290. The molecule has 1 unspecified atom stereocenters. The Morgan fingerprint density at radius 2 is 1.64 bits per heavy atom. The number of halogens is 1. The van der Waals surface area contributed by atoms with E-state index in [0.29, 0.717) is 5.92 Å². The summed E-state index contributed by atoms with van der Waals surface area (Å²) in [5.41, 5.74) is 0. The Kier molecular flexibility index (Phi) is 6.03. The van der Waals surface area contributed by atoms with E-state index in [9.17, 15) is 0 Å². The van der Waals surface area contributed by atoms with Crippen molar-refractivity contribution in [1.82, 2.24) is 0 Å². The highest BCUT2D eigenvalue weighted by atomic mass is 35.5. The topological polar surface area (TPSA) is 0 Å². The second kappa shape index (κ2) is 5.88. The van der Waals surface area contributed by atoms with Crippen molar-refractivity contribution < 1.29 is 0 Å². The first-order valence-corrected chi connectivity index (χ1v) is 5.26. The van der Waals surface area contributed by atoms with E-state index in [1.165, 1.54) is 12.8 Å². The molecule has 68 valence electrons. The summed E-state index contributed by atoms with van der Waals surface area (Å²) in [6, 6.07) is 0. The van der Waals surface area contributed by atoms with Crippen LogP contribution in [0.3, 0.4) is 0 Å². The lowest BCUT2D eigenvalue weighted by molar-refractivity contribution is 0.269. The van der Waals surface area contributed by atoms with E-state index in [-0.39, 0.29) is 0 Å². The Balaban J connectivity index is 3.86. The summed E-state index contributed by atoms with van der Waals surface area (Å²) in [4.78, 5) is 0. The predicted molar refractivity (Wildman–Crippen MR) is 53.1 cm³/mol. The highest BCUT2D eigenvalue weighted by Gasteiger charge is 2.18. The average Bonchev–Trinajstić information content (AvgIpc) is 2.05. The number of hydrogen-bond donors (Lipinski definition) is 0. The molecule has 0 heterocycles. The fraction of sp³-hybridized carbons (Fsp3) is 1.00. The first-order valence-electron chi connectivity index (χ1n) is 4.73. The van der Waals surface area contributed by atoms with E-state index in [1.807, 2.05) is 0 Å². The van der Waals surface area contributed by atoms with Crippen molar-refractivity contribution >= 4 is 11.6 Å². The van der Waals surface area contributed by atoms with Gasteiger partial charge in [-0.3, -0.25) is 0 Å². The molecule has 0 aromatic heterocycles. The van der Waals surface area contributed by atoms with Gasteiger partial charge < -0.3 is 0 Å². The molecule has 0 fully saturated rings. The third-order valence-electron chi connectivity index (χ3n) is 3.01. The van der Waals surface area contributed by atoms with Gasteiger partial charge in [0.25, 0.3) is 0 Å². The maximum absolute atomic E-state index is 5.86. The van der Waals surface area contributed by atoms with Crippen molar-refractivity contribution in [3.63, 3.8) is 0 Å². The standard InChI is InChI=1S/C10H21Cl/c1-5-8(3)9(4)10(6-2)7-11/h8-10H,5-7H2,1-4H3/t8?,9-,10-/m1/s1. The van der Waals surface area contributed by atoms with Crippen molar-refractivity contribution in [3.8, 4) is 0 Å². The Morgan fingerprint density at radius 3 is 1.91 bits per heavy atom. The van der Waals surface area contributed by atoms with E-state index < -0.39 is 0 Å². The summed E-state index contributed by atoms with van der Waals surface area (Å²) in [5, 5.41) is 0. The van der Waals surface area contributed by atoms with Crippen LogP contribution < -0.4 is 0 Å². The summed E-state index contributed by atoms with van der Waals surface area (Å²) in [5.74, 6) is 3.13. The van der Waals surface area contributed by atoms with E-state index in [2.05, 4.69) is 27.7 Å². The highest BCUT2D eigenvalue weighted by Crippen LogP contribution is 2.26. The minimum absolute atomic E-state index is 0.714. The maximum Gasteiger partial charge on any atom is 0.0254 e. The summed E-state index contributed by atoms with van der Waals surface area (Å²) >= 11 is 5.86. The van der Waals surface area contributed by atoms with Crippen LogP contribution in [0.25, 0.3) is 0 Å². The van der Waals surface area contributed by atoms with Crippen LogP contribution in [0.1, 0.15) is 40.5 Å². The van der Waals surface area contributed by atoms with Gasteiger partial charge in [-0.05, 0) is 17.8 Å². The number of alkyl halides is 1. The lowest BCUT2D eigenvalue weighted by Crippen LogP contribution is -2.19. The molecule has 1 heteroatoms. The molecule has 0 aliphatic rings. The summed E-state index contributed by atoms with van der Waals surface area (Å²) in [7, 11) is 0. The van der Waals surface area contributed by atoms with Crippen molar-refractivity contribution in [2.75, 3.05) is 5.88 Å². The van der Waals surface area contributed by atoms with Crippen LogP contribution in [0.2, 0.25) is 0 Å². The van der Waals surface area contributed by atoms with Crippen LogP contribution in [0.15, 0.2) is 0 Å². The van der Waals surface area contributed by atoms with Crippen LogP contribution in [0, 0.1) is 17.8 Å². The fourth-order valence-electron chi connectivity index (χ4n) is 1.46. The van der Waals surface area contributed by atoms with Crippen LogP contribution in [0.4, 0.5) is 0 Å². The molecule has 0 saturated heterocycles. The summed E-state index contributed by atoms with van der Waals surface area (Å²) in [6.07, 6.45) is 2.49. The molecular weight excluding hydrogens is 156 g/mol. The molecule has 0 radical (unpaired) electrons. The Labute approximate surface area is 76.3 Å².